The van der Waals surface area contributed by atoms with Gasteiger partial charge in [-0.25, -0.2) is 4.68 Å². The van der Waals surface area contributed by atoms with Gasteiger partial charge >= 0.3 is 0 Å². The van der Waals surface area contributed by atoms with E-state index in [1.165, 1.54) is 5.69 Å². The number of nitrogens with one attached hydrogen (secondary N) is 1. The Morgan fingerprint density at radius 1 is 1.18 bits per heavy atom. The van der Waals surface area contributed by atoms with E-state index < -0.39 is 0 Å². The van der Waals surface area contributed by atoms with Crippen LogP contribution < -0.4 is 14.5 Å². The maximum absolute atomic E-state index is 5.56. The molecule has 1 atom stereocenters. The molecule has 3 rings (SSSR count). The minimum Gasteiger partial charge on any atom is -0.495 e. The number of nitrogens with zero attached hydrogens (tertiary/aromatic N) is 5. The van der Waals surface area contributed by atoms with Gasteiger partial charge in [0.1, 0.15) is 5.75 Å². The van der Waals surface area contributed by atoms with E-state index >= 15 is 0 Å². The summed E-state index contributed by atoms with van der Waals surface area (Å²) < 4.78 is 7.61. The monoisotopic (exact) mass is 387 g/mol. The quantitative estimate of drug-likeness (QED) is 0.787. The van der Waals surface area contributed by atoms with Gasteiger partial charge in [-0.15, -0.1) is 5.10 Å². The highest BCUT2D eigenvalue weighted by atomic mass is 16.5. The molecule has 0 spiro atoms. The molecule has 2 aromatic rings. The highest BCUT2D eigenvalue weighted by Gasteiger charge is 2.37. The second kappa shape index (κ2) is 8.47. The molecule has 0 saturated carbocycles. The van der Waals surface area contributed by atoms with Crippen LogP contribution in [0, 0.1) is 5.92 Å². The Labute approximate surface area is 168 Å². The van der Waals surface area contributed by atoms with Crippen LogP contribution in [0.25, 0.3) is 0 Å². The largest absolute Gasteiger partial charge is 0.495 e. The molecule has 7 heteroatoms. The summed E-state index contributed by atoms with van der Waals surface area (Å²) in [5.41, 5.74) is 1.10. The second-order valence-electron chi connectivity index (χ2n) is 8.65. The molecular formula is C21H35N6O+. The molecule has 1 fully saturated rings. The van der Waals surface area contributed by atoms with Gasteiger partial charge in [0.25, 0.3) is 0 Å². The number of hydrogen-bond acceptors (Lipinski definition) is 5. The summed E-state index contributed by atoms with van der Waals surface area (Å²) in [4.78, 5) is 3.99. The Hall–Kier alpha value is -2.15. The fraction of sp³-hybridized carbons (Fsp3) is 0.667. The van der Waals surface area contributed by atoms with Gasteiger partial charge in [-0.05, 0) is 42.8 Å². The Morgan fingerprint density at radius 2 is 1.86 bits per heavy atom. The molecule has 1 aromatic heterocycles. The number of methoxy groups -OCH3 is 1. The van der Waals surface area contributed by atoms with Crippen molar-refractivity contribution in [3.63, 3.8) is 0 Å². The molecule has 1 aromatic carbocycles. The van der Waals surface area contributed by atoms with E-state index in [9.17, 15) is 0 Å². The van der Waals surface area contributed by atoms with Crippen molar-refractivity contribution in [1.29, 1.82) is 0 Å². The molecule has 1 N–H and O–H groups in total. The zero-order valence-corrected chi connectivity index (χ0v) is 18.1. The number of quaternary nitrogens is 1. The summed E-state index contributed by atoms with van der Waals surface area (Å²) in [6.07, 6.45) is 0.993. The van der Waals surface area contributed by atoms with Crippen LogP contribution in [-0.2, 0) is 5.54 Å². The van der Waals surface area contributed by atoms with Crippen molar-refractivity contribution in [3.05, 3.63) is 30.1 Å². The van der Waals surface area contributed by atoms with Crippen molar-refractivity contribution in [2.45, 2.75) is 52.6 Å². The van der Waals surface area contributed by atoms with E-state index in [4.69, 9.17) is 4.74 Å². The fourth-order valence-electron chi connectivity index (χ4n) is 4.16. The van der Waals surface area contributed by atoms with E-state index in [2.05, 4.69) is 71.9 Å². The molecule has 0 unspecified atom stereocenters. The Morgan fingerprint density at radius 3 is 2.46 bits per heavy atom. The highest BCUT2D eigenvalue weighted by Crippen LogP contribution is 2.28. The maximum Gasteiger partial charge on any atom is 0.210 e. The smallest absolute Gasteiger partial charge is 0.210 e. The summed E-state index contributed by atoms with van der Waals surface area (Å²) in [5, 5.41) is 12.9. The van der Waals surface area contributed by atoms with Crippen LogP contribution in [0.4, 0.5) is 5.69 Å². The van der Waals surface area contributed by atoms with Crippen LogP contribution in [0.5, 0.6) is 5.75 Å². The third-order valence-electron chi connectivity index (χ3n) is 6.15. The first-order valence-corrected chi connectivity index (χ1v) is 10.4. The van der Waals surface area contributed by atoms with Crippen molar-refractivity contribution >= 4 is 5.69 Å². The van der Waals surface area contributed by atoms with E-state index in [-0.39, 0.29) is 5.54 Å². The van der Waals surface area contributed by atoms with Crippen molar-refractivity contribution in [3.8, 4) is 5.75 Å². The highest BCUT2D eigenvalue weighted by molar-refractivity contribution is 5.58. The minimum atomic E-state index is -0.0787. The van der Waals surface area contributed by atoms with Crippen LogP contribution >= 0.6 is 0 Å². The third-order valence-corrected chi connectivity index (χ3v) is 6.15. The summed E-state index contributed by atoms with van der Waals surface area (Å²) in [7, 11) is 1.74. The molecule has 1 saturated heterocycles. The lowest BCUT2D eigenvalue weighted by molar-refractivity contribution is -0.937. The van der Waals surface area contributed by atoms with Crippen molar-refractivity contribution in [1.82, 2.24) is 20.2 Å². The van der Waals surface area contributed by atoms with Gasteiger partial charge < -0.3 is 14.5 Å². The number of benzene rings is 1. The number of rotatable bonds is 7. The predicted molar refractivity (Wildman–Crippen MR) is 111 cm³/mol. The molecule has 0 bridgehead atoms. The first-order valence-electron chi connectivity index (χ1n) is 10.4. The Bertz CT molecular complexity index is 764. The Kier molecular flexibility index (Phi) is 6.23. The lowest BCUT2D eigenvalue weighted by Crippen LogP contribution is -3.15. The number of ether oxygens (including phenoxy) is 1. The first-order chi connectivity index (χ1) is 13.4. The van der Waals surface area contributed by atoms with E-state index in [1.807, 2.05) is 12.1 Å². The molecule has 2 heterocycles. The van der Waals surface area contributed by atoms with Gasteiger partial charge in [0.2, 0.25) is 5.82 Å². The molecule has 154 valence electrons. The predicted octanol–water partition coefficient (Wildman–Crippen LogP) is 1.93. The number of aromatic nitrogens is 4. The van der Waals surface area contributed by atoms with Crippen LogP contribution in [0.2, 0.25) is 0 Å². The van der Waals surface area contributed by atoms with Crippen LogP contribution in [0.15, 0.2) is 24.3 Å². The van der Waals surface area contributed by atoms with Crippen LogP contribution in [-0.4, -0.2) is 53.5 Å². The Balaban J connectivity index is 1.79. The van der Waals surface area contributed by atoms with Gasteiger partial charge in [-0.3, -0.25) is 0 Å². The number of anilines is 1. The summed E-state index contributed by atoms with van der Waals surface area (Å²) in [6, 6.07) is 8.57. The standard InChI is InChI=1S/C21H34N6O/c1-7-21(4,5)27-20(22-23-24-27)19(16(2)3)26-14-12-25(13-15-26)17-10-8-9-11-18(17)28-6/h8-11,16,19H,7,12-15H2,1-6H3/p+1/t19-/m0/s1. The van der Waals surface area contributed by atoms with Gasteiger partial charge in [-0.1, -0.05) is 32.9 Å². The molecule has 0 radical (unpaired) electrons. The molecular weight excluding hydrogens is 352 g/mol. The number of tetrazole rings is 1. The van der Waals surface area contributed by atoms with E-state index in [0.717, 1.165) is 44.2 Å². The third kappa shape index (κ3) is 3.99. The molecule has 7 nitrogen and oxygen atoms in total. The first kappa shape index (κ1) is 20.6. The van der Waals surface area contributed by atoms with Gasteiger partial charge in [0.05, 0.1) is 44.5 Å². The lowest BCUT2D eigenvalue weighted by Gasteiger charge is -2.39. The summed E-state index contributed by atoms with van der Waals surface area (Å²) >= 11 is 0. The van der Waals surface area contributed by atoms with E-state index in [0.29, 0.717) is 12.0 Å². The molecule has 0 aliphatic carbocycles. The molecule has 1 aliphatic rings. The lowest BCUT2D eigenvalue weighted by atomic mass is 9.97. The number of piperazine rings is 1. The zero-order valence-electron chi connectivity index (χ0n) is 18.1. The maximum atomic E-state index is 5.56. The van der Waals surface area contributed by atoms with Crippen molar-refractivity contribution in [2.24, 2.45) is 5.92 Å². The van der Waals surface area contributed by atoms with E-state index in [1.54, 1.807) is 12.0 Å². The fourth-order valence-corrected chi connectivity index (χ4v) is 4.16. The average molecular weight is 388 g/mol. The van der Waals surface area contributed by atoms with Crippen molar-refractivity contribution in [2.75, 3.05) is 38.2 Å². The van der Waals surface area contributed by atoms with Crippen molar-refractivity contribution < 1.29 is 9.64 Å². The average Bonchev–Trinajstić information content (AvgIpc) is 3.18. The SMILES string of the molecule is CCC(C)(C)n1nnnc1[C@H](C(C)C)[NH+]1CCN(c2ccccc2OC)CC1. The topological polar surface area (TPSA) is 60.5 Å². The molecule has 1 aliphatic heterocycles. The van der Waals surface area contributed by atoms with Crippen LogP contribution in [0.3, 0.4) is 0 Å². The molecule has 28 heavy (non-hydrogen) atoms. The zero-order chi connectivity index (χ0) is 20.3. The van der Waals surface area contributed by atoms with Gasteiger partial charge in [0.15, 0.2) is 6.04 Å². The molecule has 0 amide bonds. The van der Waals surface area contributed by atoms with Gasteiger partial charge in [0, 0.05) is 5.92 Å². The normalized spacial score (nSPS) is 17.2. The van der Waals surface area contributed by atoms with Gasteiger partial charge in [-0.2, -0.15) is 0 Å². The summed E-state index contributed by atoms with van der Waals surface area (Å²) in [6.45, 7) is 15.3. The second-order valence-corrected chi connectivity index (χ2v) is 8.65. The summed E-state index contributed by atoms with van der Waals surface area (Å²) in [5.74, 6) is 2.42. The number of para-hydroxylation sites is 2. The van der Waals surface area contributed by atoms with Crippen LogP contribution in [0.1, 0.15) is 52.9 Å². The number of hydrogen-bond donors (Lipinski definition) is 1. The minimum absolute atomic E-state index is 0.0787.